The van der Waals surface area contributed by atoms with E-state index in [0.29, 0.717) is 5.41 Å². The summed E-state index contributed by atoms with van der Waals surface area (Å²) in [5, 5.41) is 2.35. The van der Waals surface area contributed by atoms with Crippen molar-refractivity contribution in [2.24, 2.45) is 5.41 Å². The normalized spacial score (nSPS) is 36.8. The van der Waals surface area contributed by atoms with Gasteiger partial charge in [0.2, 0.25) is 0 Å². The molecule has 0 amide bonds. The van der Waals surface area contributed by atoms with Crippen molar-refractivity contribution in [2.75, 3.05) is 19.6 Å². The maximum atomic E-state index is 4.02. The summed E-state index contributed by atoms with van der Waals surface area (Å²) in [6.07, 6.45) is 3.92. The van der Waals surface area contributed by atoms with E-state index in [1.807, 2.05) is 0 Å². The van der Waals surface area contributed by atoms with E-state index in [-0.39, 0.29) is 12.4 Å². The van der Waals surface area contributed by atoms with Crippen LogP contribution in [0.5, 0.6) is 0 Å². The molecule has 3 aliphatic heterocycles. The van der Waals surface area contributed by atoms with Crippen LogP contribution in [-0.4, -0.2) is 24.6 Å². The van der Waals surface area contributed by atoms with Crippen LogP contribution < -0.4 is 5.43 Å². The molecule has 76 valence electrons. The van der Waals surface area contributed by atoms with Gasteiger partial charge in [-0.3, -0.25) is 5.43 Å². The van der Waals surface area contributed by atoms with Crippen LogP contribution >= 0.6 is 12.4 Å². The highest BCUT2D eigenvalue weighted by Gasteiger charge is 2.38. The summed E-state index contributed by atoms with van der Waals surface area (Å²) in [6.45, 7) is 9.79. The fourth-order valence-electron chi connectivity index (χ4n) is 2.47. The zero-order chi connectivity index (χ0) is 8.60. The highest BCUT2D eigenvalue weighted by Crippen LogP contribution is 2.39. The number of hydrogen-bond acceptors (Lipinski definition) is 2. The highest BCUT2D eigenvalue weighted by atomic mass is 35.5. The smallest absolute Gasteiger partial charge is 0.0163 e. The minimum absolute atomic E-state index is 0. The Balaban J connectivity index is 0.000000845. The van der Waals surface area contributed by atoms with Crippen molar-refractivity contribution < 1.29 is 0 Å². The van der Waals surface area contributed by atoms with Gasteiger partial charge >= 0.3 is 0 Å². The Morgan fingerprint density at radius 2 is 2.08 bits per heavy atom. The molecule has 0 atom stereocenters. The molecule has 1 N–H and O–H groups in total. The van der Waals surface area contributed by atoms with Crippen LogP contribution in [0.15, 0.2) is 12.2 Å². The van der Waals surface area contributed by atoms with Gasteiger partial charge in [-0.1, -0.05) is 5.57 Å². The number of nitrogens with zero attached hydrogens (tertiary/aromatic N) is 1. The van der Waals surface area contributed by atoms with E-state index in [2.05, 4.69) is 23.9 Å². The molecule has 0 unspecified atom stereocenters. The van der Waals surface area contributed by atoms with Crippen molar-refractivity contribution in [3.05, 3.63) is 12.2 Å². The minimum atomic E-state index is 0. The van der Waals surface area contributed by atoms with Crippen molar-refractivity contribution in [3.63, 3.8) is 0 Å². The number of hydrogen-bond donors (Lipinski definition) is 1. The second kappa shape index (κ2) is 3.99. The first-order chi connectivity index (χ1) is 5.70. The monoisotopic (exact) mass is 202 g/mol. The lowest BCUT2D eigenvalue weighted by molar-refractivity contribution is -0.0105. The largest absolute Gasteiger partial charge is 0.255 e. The summed E-state index contributed by atoms with van der Waals surface area (Å²) < 4.78 is 0. The summed E-state index contributed by atoms with van der Waals surface area (Å²) in [4.78, 5) is 0. The fraction of sp³-hybridized carbons (Fsp3) is 0.800. The number of fused-ring (bicyclic) bond motifs is 3. The van der Waals surface area contributed by atoms with Gasteiger partial charge in [0.1, 0.15) is 0 Å². The lowest BCUT2D eigenvalue weighted by Gasteiger charge is -2.49. The first kappa shape index (κ1) is 11.0. The average molecular weight is 203 g/mol. The Kier molecular flexibility index (Phi) is 3.38. The maximum Gasteiger partial charge on any atom is 0.0163 e. The summed E-state index contributed by atoms with van der Waals surface area (Å²) in [5.41, 5.74) is 5.35. The van der Waals surface area contributed by atoms with Gasteiger partial charge in [-0.05, 0) is 31.6 Å². The molecule has 13 heavy (non-hydrogen) atoms. The Morgan fingerprint density at radius 3 is 2.46 bits per heavy atom. The molecule has 2 nitrogen and oxygen atoms in total. The first-order valence-corrected chi connectivity index (χ1v) is 4.83. The van der Waals surface area contributed by atoms with Gasteiger partial charge in [-0.15, -0.1) is 19.0 Å². The summed E-state index contributed by atoms with van der Waals surface area (Å²) in [6, 6.07) is 0. The van der Waals surface area contributed by atoms with E-state index < -0.39 is 0 Å². The number of hydrazine groups is 1. The lowest BCUT2D eigenvalue weighted by Crippen LogP contribution is -2.58. The molecule has 3 saturated heterocycles. The van der Waals surface area contributed by atoms with Crippen LogP contribution in [0.2, 0.25) is 0 Å². The number of rotatable bonds is 2. The Bertz CT molecular complexity index is 181. The Labute approximate surface area is 86.8 Å². The van der Waals surface area contributed by atoms with Gasteiger partial charge in [0.05, 0.1) is 0 Å². The third-order valence-electron chi connectivity index (χ3n) is 3.18. The Morgan fingerprint density at radius 1 is 1.46 bits per heavy atom. The van der Waals surface area contributed by atoms with Crippen LogP contribution in [0.4, 0.5) is 0 Å². The van der Waals surface area contributed by atoms with Crippen LogP contribution in [0.1, 0.15) is 26.2 Å². The molecule has 0 aromatic rings. The second-order valence-electron chi connectivity index (χ2n) is 4.46. The Hall–Kier alpha value is -0.0500. The van der Waals surface area contributed by atoms with E-state index in [1.54, 1.807) is 0 Å². The van der Waals surface area contributed by atoms with E-state index in [0.717, 1.165) is 0 Å². The van der Waals surface area contributed by atoms with Gasteiger partial charge in [-0.2, -0.15) is 0 Å². The highest BCUT2D eigenvalue weighted by molar-refractivity contribution is 5.85. The van der Waals surface area contributed by atoms with Crippen molar-refractivity contribution >= 4 is 12.4 Å². The SMILES string of the molecule is C=C(C)CC12CCN(CC1)NC2.Cl. The fourth-order valence-corrected chi connectivity index (χ4v) is 2.47. The van der Waals surface area contributed by atoms with Gasteiger partial charge in [-0.25, -0.2) is 5.01 Å². The minimum Gasteiger partial charge on any atom is -0.255 e. The molecule has 0 aliphatic carbocycles. The third-order valence-corrected chi connectivity index (χ3v) is 3.18. The lowest BCUT2D eigenvalue weighted by atomic mass is 9.73. The van der Waals surface area contributed by atoms with E-state index >= 15 is 0 Å². The summed E-state index contributed by atoms with van der Waals surface area (Å²) in [7, 11) is 0. The maximum absolute atomic E-state index is 4.02. The molecule has 3 heterocycles. The number of allylic oxidation sites excluding steroid dienone is 1. The van der Waals surface area contributed by atoms with Crippen molar-refractivity contribution in [1.82, 2.24) is 10.4 Å². The van der Waals surface area contributed by atoms with Crippen molar-refractivity contribution in [1.29, 1.82) is 0 Å². The molecule has 3 rings (SSSR count). The van der Waals surface area contributed by atoms with Crippen LogP contribution in [0.3, 0.4) is 0 Å². The second-order valence-corrected chi connectivity index (χ2v) is 4.46. The molecule has 0 aromatic carbocycles. The predicted octanol–water partition coefficient (Wildman–Crippen LogP) is 1.97. The molecule has 3 fully saturated rings. The number of piperidine rings is 1. The number of halogens is 1. The molecule has 0 saturated carbocycles. The van der Waals surface area contributed by atoms with E-state index in [9.17, 15) is 0 Å². The molecule has 0 radical (unpaired) electrons. The van der Waals surface area contributed by atoms with Crippen LogP contribution in [-0.2, 0) is 0 Å². The zero-order valence-electron chi connectivity index (χ0n) is 8.31. The van der Waals surface area contributed by atoms with Crippen molar-refractivity contribution in [3.8, 4) is 0 Å². The van der Waals surface area contributed by atoms with Gasteiger partial charge in [0.15, 0.2) is 0 Å². The molecular weight excluding hydrogens is 184 g/mol. The van der Waals surface area contributed by atoms with E-state index in [1.165, 1.54) is 44.5 Å². The molecule has 3 heteroatoms. The molecule has 3 aliphatic rings. The molecule has 0 spiro atoms. The average Bonchev–Trinajstić information content (AvgIpc) is 2.05. The predicted molar refractivity (Wildman–Crippen MR) is 57.9 cm³/mol. The molecular formula is C10H19ClN2. The third kappa shape index (κ3) is 2.25. The van der Waals surface area contributed by atoms with Crippen LogP contribution in [0.25, 0.3) is 0 Å². The standard InChI is InChI=1S/C10H18N2.ClH/c1-9(2)7-10-3-5-12(6-4-10)11-8-10;/h11H,1,3-8H2,2H3;1H. The van der Waals surface area contributed by atoms with E-state index in [4.69, 9.17) is 0 Å². The molecule has 2 bridgehead atoms. The van der Waals surface area contributed by atoms with Crippen molar-refractivity contribution in [2.45, 2.75) is 26.2 Å². The first-order valence-electron chi connectivity index (χ1n) is 4.83. The quantitative estimate of drug-likeness (QED) is 0.689. The summed E-state index contributed by atoms with van der Waals surface area (Å²) in [5.74, 6) is 0. The van der Waals surface area contributed by atoms with Gasteiger partial charge < -0.3 is 0 Å². The topological polar surface area (TPSA) is 15.3 Å². The van der Waals surface area contributed by atoms with Gasteiger partial charge in [0, 0.05) is 19.6 Å². The number of nitrogens with one attached hydrogen (secondary N) is 1. The summed E-state index contributed by atoms with van der Waals surface area (Å²) >= 11 is 0. The van der Waals surface area contributed by atoms with Gasteiger partial charge in [0.25, 0.3) is 0 Å². The zero-order valence-corrected chi connectivity index (χ0v) is 9.12. The van der Waals surface area contributed by atoms with Crippen LogP contribution in [0, 0.1) is 5.41 Å². The molecule has 0 aromatic heterocycles.